The van der Waals surface area contributed by atoms with Crippen molar-refractivity contribution in [2.45, 2.75) is 13.8 Å². The first-order valence-corrected chi connectivity index (χ1v) is 5.84. The van der Waals surface area contributed by atoms with E-state index in [2.05, 4.69) is 31.9 Å². The fourth-order valence-corrected chi connectivity index (χ4v) is 1.89. The molecule has 0 radical (unpaired) electrons. The second-order valence-corrected chi connectivity index (χ2v) is 4.32. The van der Waals surface area contributed by atoms with E-state index in [9.17, 15) is 4.79 Å². The number of hydrogen-bond acceptors (Lipinski definition) is 1. The van der Waals surface area contributed by atoms with Crippen LogP contribution >= 0.6 is 31.9 Å². The highest BCUT2D eigenvalue weighted by atomic mass is 79.9. The zero-order valence-electron chi connectivity index (χ0n) is 7.53. The van der Waals surface area contributed by atoms with Gasteiger partial charge in [-0.2, -0.15) is 0 Å². The van der Waals surface area contributed by atoms with Crippen LogP contribution in [0.1, 0.15) is 21.5 Å². The number of alkyl halides is 1. The van der Waals surface area contributed by atoms with Crippen molar-refractivity contribution in [2.75, 3.05) is 5.33 Å². The van der Waals surface area contributed by atoms with Crippen molar-refractivity contribution in [3.8, 4) is 0 Å². The van der Waals surface area contributed by atoms with Gasteiger partial charge in [0.05, 0.1) is 5.33 Å². The summed E-state index contributed by atoms with van der Waals surface area (Å²) in [5.74, 6) is 0.133. The number of ketones is 1. The van der Waals surface area contributed by atoms with Gasteiger partial charge in [0.25, 0.3) is 0 Å². The Labute approximate surface area is 94.8 Å². The maximum atomic E-state index is 11.4. The van der Waals surface area contributed by atoms with E-state index in [1.807, 2.05) is 26.0 Å². The Morgan fingerprint density at radius 1 is 1.31 bits per heavy atom. The van der Waals surface area contributed by atoms with Gasteiger partial charge in [0, 0.05) is 10.0 Å². The molecule has 0 fully saturated rings. The van der Waals surface area contributed by atoms with Crippen molar-refractivity contribution in [2.24, 2.45) is 0 Å². The Morgan fingerprint density at radius 3 is 2.46 bits per heavy atom. The van der Waals surface area contributed by atoms with Crippen LogP contribution in [-0.2, 0) is 0 Å². The van der Waals surface area contributed by atoms with Gasteiger partial charge in [0.2, 0.25) is 0 Å². The number of Topliss-reactive ketones (excluding diaryl/α,β-unsaturated/α-hetero) is 1. The Hall–Kier alpha value is -0.150. The van der Waals surface area contributed by atoms with Gasteiger partial charge in [-0.25, -0.2) is 0 Å². The smallest absolute Gasteiger partial charge is 0.173 e. The maximum Gasteiger partial charge on any atom is 0.173 e. The molecule has 0 N–H and O–H groups in total. The molecule has 0 spiro atoms. The van der Waals surface area contributed by atoms with Gasteiger partial charge in [-0.3, -0.25) is 4.79 Å². The molecule has 0 saturated heterocycles. The molecule has 1 aromatic rings. The Bertz CT molecular complexity index is 345. The predicted octanol–water partition coefficient (Wildman–Crippen LogP) is 3.64. The van der Waals surface area contributed by atoms with E-state index in [1.54, 1.807) is 0 Å². The van der Waals surface area contributed by atoms with Crippen LogP contribution in [0.2, 0.25) is 0 Å². The molecule has 0 aliphatic rings. The number of halogens is 2. The predicted molar refractivity (Wildman–Crippen MR) is 61.7 cm³/mol. The number of benzene rings is 1. The van der Waals surface area contributed by atoms with Crippen molar-refractivity contribution in [3.63, 3.8) is 0 Å². The lowest BCUT2D eigenvalue weighted by atomic mass is 10.0. The molecule has 0 atom stereocenters. The molecule has 1 nitrogen and oxygen atoms in total. The van der Waals surface area contributed by atoms with E-state index in [0.29, 0.717) is 5.33 Å². The lowest BCUT2D eigenvalue weighted by molar-refractivity contribution is 0.102. The molecule has 1 aromatic carbocycles. The van der Waals surface area contributed by atoms with Gasteiger partial charge in [-0.1, -0.05) is 31.9 Å². The number of hydrogen-bond donors (Lipinski definition) is 0. The van der Waals surface area contributed by atoms with Crippen molar-refractivity contribution in [1.82, 2.24) is 0 Å². The van der Waals surface area contributed by atoms with E-state index in [0.717, 1.165) is 21.2 Å². The molecule has 0 aromatic heterocycles. The summed E-state index contributed by atoms with van der Waals surface area (Å²) in [7, 11) is 0. The third kappa shape index (κ3) is 2.20. The molecular weight excluding hydrogens is 296 g/mol. The molecule has 3 heteroatoms. The van der Waals surface area contributed by atoms with E-state index in [-0.39, 0.29) is 5.78 Å². The van der Waals surface area contributed by atoms with E-state index < -0.39 is 0 Å². The van der Waals surface area contributed by atoms with Crippen LogP contribution in [0.5, 0.6) is 0 Å². The standard InChI is InChI=1S/C10H10Br2O/c1-6-7(2)9(12)4-3-8(6)10(13)5-11/h3-4H,5H2,1-2H3. The third-order valence-corrected chi connectivity index (χ3v) is 3.51. The minimum Gasteiger partial charge on any atom is -0.293 e. The highest BCUT2D eigenvalue weighted by Gasteiger charge is 2.10. The van der Waals surface area contributed by atoms with Crippen LogP contribution in [0.4, 0.5) is 0 Å². The summed E-state index contributed by atoms with van der Waals surface area (Å²) >= 11 is 6.60. The average Bonchev–Trinajstić information content (AvgIpc) is 2.13. The largest absolute Gasteiger partial charge is 0.293 e. The summed E-state index contributed by atoms with van der Waals surface area (Å²) in [6, 6.07) is 3.77. The Balaban J connectivity index is 3.26. The minimum atomic E-state index is 0.133. The topological polar surface area (TPSA) is 17.1 Å². The second kappa shape index (κ2) is 4.38. The minimum absolute atomic E-state index is 0.133. The zero-order chi connectivity index (χ0) is 10.0. The fraction of sp³-hybridized carbons (Fsp3) is 0.300. The number of rotatable bonds is 2. The highest BCUT2D eigenvalue weighted by molar-refractivity contribution is 9.10. The van der Waals surface area contributed by atoms with Gasteiger partial charge in [-0.15, -0.1) is 0 Å². The number of carbonyl (C=O) groups excluding carboxylic acids is 1. The van der Waals surface area contributed by atoms with Crippen LogP contribution in [0.25, 0.3) is 0 Å². The summed E-state index contributed by atoms with van der Waals surface area (Å²) in [5.41, 5.74) is 2.99. The van der Waals surface area contributed by atoms with Crippen LogP contribution < -0.4 is 0 Å². The fourth-order valence-electron chi connectivity index (χ4n) is 1.16. The summed E-state index contributed by atoms with van der Waals surface area (Å²) in [6.07, 6.45) is 0. The SMILES string of the molecule is Cc1c(Br)ccc(C(=O)CBr)c1C. The highest BCUT2D eigenvalue weighted by Crippen LogP contribution is 2.22. The molecule has 0 aliphatic carbocycles. The number of carbonyl (C=O) groups is 1. The van der Waals surface area contributed by atoms with Crippen molar-refractivity contribution >= 4 is 37.6 Å². The molecular formula is C10H10Br2O. The lowest BCUT2D eigenvalue weighted by Gasteiger charge is -2.07. The molecule has 0 bridgehead atoms. The molecule has 1 rings (SSSR count). The first-order valence-electron chi connectivity index (χ1n) is 3.92. The van der Waals surface area contributed by atoms with Gasteiger partial charge in [0.1, 0.15) is 0 Å². The van der Waals surface area contributed by atoms with E-state index in [1.165, 1.54) is 0 Å². The van der Waals surface area contributed by atoms with Gasteiger partial charge in [0.15, 0.2) is 5.78 Å². The maximum absolute atomic E-state index is 11.4. The van der Waals surface area contributed by atoms with Gasteiger partial charge < -0.3 is 0 Å². The molecule has 0 saturated carbocycles. The second-order valence-electron chi connectivity index (χ2n) is 2.90. The molecule has 13 heavy (non-hydrogen) atoms. The summed E-state index contributed by atoms with van der Waals surface area (Å²) in [5, 5.41) is 0.384. The zero-order valence-corrected chi connectivity index (χ0v) is 10.7. The average molecular weight is 306 g/mol. The normalized spacial score (nSPS) is 10.2. The molecule has 70 valence electrons. The monoisotopic (exact) mass is 304 g/mol. The molecule has 0 unspecified atom stereocenters. The van der Waals surface area contributed by atoms with E-state index >= 15 is 0 Å². The molecule has 0 amide bonds. The first kappa shape index (κ1) is 10.9. The van der Waals surface area contributed by atoms with Crippen molar-refractivity contribution in [3.05, 3.63) is 33.3 Å². The molecule has 0 heterocycles. The van der Waals surface area contributed by atoms with Crippen LogP contribution in [0.3, 0.4) is 0 Å². The lowest BCUT2D eigenvalue weighted by Crippen LogP contribution is -2.04. The van der Waals surface area contributed by atoms with E-state index in [4.69, 9.17) is 0 Å². The van der Waals surface area contributed by atoms with Crippen molar-refractivity contribution in [1.29, 1.82) is 0 Å². The summed E-state index contributed by atoms with van der Waals surface area (Å²) in [4.78, 5) is 11.4. The molecule has 0 aliphatic heterocycles. The van der Waals surface area contributed by atoms with Gasteiger partial charge in [-0.05, 0) is 37.1 Å². The van der Waals surface area contributed by atoms with Crippen molar-refractivity contribution < 1.29 is 4.79 Å². The summed E-state index contributed by atoms with van der Waals surface area (Å²) in [6.45, 7) is 3.97. The Morgan fingerprint density at radius 2 is 1.92 bits per heavy atom. The quantitative estimate of drug-likeness (QED) is 0.602. The van der Waals surface area contributed by atoms with Crippen LogP contribution in [0, 0.1) is 13.8 Å². The Kier molecular flexibility index (Phi) is 3.68. The third-order valence-electron chi connectivity index (χ3n) is 2.14. The summed E-state index contributed by atoms with van der Waals surface area (Å²) < 4.78 is 1.05. The van der Waals surface area contributed by atoms with Gasteiger partial charge >= 0.3 is 0 Å². The first-order chi connectivity index (χ1) is 6.07. The van der Waals surface area contributed by atoms with Crippen LogP contribution in [-0.4, -0.2) is 11.1 Å². The van der Waals surface area contributed by atoms with Crippen LogP contribution in [0.15, 0.2) is 16.6 Å².